The van der Waals surface area contributed by atoms with E-state index in [0.29, 0.717) is 6.54 Å². The van der Waals surface area contributed by atoms with Crippen LogP contribution in [0, 0.1) is 0 Å². The molecule has 4 heteroatoms. The molecule has 0 heterocycles. The number of nitrogens with zero attached hydrogens (tertiary/aromatic N) is 3. The molecule has 0 aromatic rings. The van der Waals surface area contributed by atoms with Gasteiger partial charge in [-0.3, -0.25) is 4.79 Å². The summed E-state index contributed by atoms with van der Waals surface area (Å²) >= 11 is 0. The lowest BCUT2D eigenvalue weighted by molar-refractivity contribution is -0.131. The Kier molecular flexibility index (Phi) is 5.10. The van der Waals surface area contributed by atoms with Crippen molar-refractivity contribution in [2.24, 2.45) is 0 Å². The summed E-state index contributed by atoms with van der Waals surface area (Å²) in [6.45, 7) is 8.67. The van der Waals surface area contributed by atoms with Crippen molar-refractivity contribution in [2.45, 2.75) is 46.1 Å². The van der Waals surface area contributed by atoms with E-state index in [1.54, 1.807) is 4.90 Å². The molecule has 0 fully saturated rings. The number of carbonyl (C=O) groups is 1. The van der Waals surface area contributed by atoms with E-state index in [2.05, 4.69) is 11.7 Å². The van der Waals surface area contributed by atoms with Crippen LogP contribution in [0.4, 0.5) is 0 Å². The van der Waals surface area contributed by atoms with Crippen LogP contribution >= 0.6 is 0 Å². The van der Waals surface area contributed by atoms with Gasteiger partial charge in [0.15, 0.2) is 0 Å². The second-order valence-corrected chi connectivity index (χ2v) is 4.26. The van der Waals surface area contributed by atoms with Crippen molar-refractivity contribution >= 4 is 12.1 Å². The van der Waals surface area contributed by atoms with Crippen molar-refractivity contribution in [3.8, 4) is 0 Å². The highest BCUT2D eigenvalue weighted by atomic mass is 16.2. The third kappa shape index (κ3) is 4.19. The fourth-order valence-electron chi connectivity index (χ4n) is 1.21. The molecule has 80 valence electrons. The first-order valence-corrected chi connectivity index (χ1v) is 4.92. The molecule has 0 saturated heterocycles. The maximum absolute atomic E-state index is 11.5. The predicted octanol–water partition coefficient (Wildman–Crippen LogP) is 1.71. The highest BCUT2D eigenvalue weighted by Crippen LogP contribution is 2.13. The lowest BCUT2D eigenvalue weighted by Gasteiger charge is -2.33. The van der Waals surface area contributed by atoms with Gasteiger partial charge in [-0.25, -0.2) is 0 Å². The van der Waals surface area contributed by atoms with E-state index in [-0.39, 0.29) is 11.4 Å². The molecule has 14 heavy (non-hydrogen) atoms. The molecular weight excluding hydrogens is 178 g/mol. The zero-order chi connectivity index (χ0) is 11.2. The summed E-state index contributed by atoms with van der Waals surface area (Å²) in [6, 6.07) is 0. The minimum atomic E-state index is -0.242. The Hall–Kier alpha value is -1.15. The molecule has 0 saturated carbocycles. The molecule has 0 aliphatic carbocycles. The largest absolute Gasteiger partial charge is 0.361 e. The van der Waals surface area contributed by atoms with Gasteiger partial charge in [0.05, 0.1) is 0 Å². The fourth-order valence-corrected chi connectivity index (χ4v) is 1.21. The van der Waals surface area contributed by atoms with Crippen molar-refractivity contribution in [1.82, 2.24) is 4.90 Å². The molecule has 0 aromatic carbocycles. The van der Waals surface area contributed by atoms with Crippen LogP contribution in [-0.2, 0) is 4.79 Å². The topological polar surface area (TPSA) is 56.7 Å². The van der Waals surface area contributed by atoms with Crippen LogP contribution in [0.5, 0.6) is 0 Å². The van der Waals surface area contributed by atoms with Gasteiger partial charge in [-0.15, -0.1) is 0 Å². The molecule has 0 atom stereocenters. The summed E-state index contributed by atoms with van der Waals surface area (Å²) in [7, 11) is 0. The van der Waals surface area contributed by atoms with Gasteiger partial charge in [0.1, 0.15) is 0 Å². The van der Waals surface area contributed by atoms with Gasteiger partial charge >= 0.3 is 12.1 Å². The maximum Gasteiger partial charge on any atom is 0.344 e. The van der Waals surface area contributed by atoms with Crippen molar-refractivity contribution in [3.63, 3.8) is 0 Å². The minimum absolute atomic E-state index is 0.229. The molecule has 1 amide bonds. The molecule has 0 unspecified atom stereocenters. The van der Waals surface area contributed by atoms with Gasteiger partial charge in [-0.2, -0.15) is 4.79 Å². The Balaban J connectivity index is 4.55. The van der Waals surface area contributed by atoms with Gasteiger partial charge < -0.3 is 10.4 Å². The Bertz CT molecular complexity index is 236. The second-order valence-electron chi connectivity index (χ2n) is 4.26. The first-order chi connectivity index (χ1) is 6.43. The van der Waals surface area contributed by atoms with Crippen molar-refractivity contribution in [1.29, 1.82) is 0 Å². The zero-order valence-corrected chi connectivity index (χ0v) is 9.45. The summed E-state index contributed by atoms with van der Waals surface area (Å²) in [5, 5.41) is 0. The normalized spacial score (nSPS) is 10.6. The van der Waals surface area contributed by atoms with Gasteiger partial charge in [0.2, 0.25) is 0 Å². The van der Waals surface area contributed by atoms with Crippen LogP contribution in [0.2, 0.25) is 0 Å². The van der Waals surface area contributed by atoms with E-state index in [0.717, 1.165) is 19.1 Å². The van der Waals surface area contributed by atoms with Crippen molar-refractivity contribution in [3.05, 3.63) is 5.53 Å². The molecule has 0 aliphatic rings. The number of hydrogen-bond acceptors (Lipinski definition) is 1. The smallest absolute Gasteiger partial charge is 0.344 e. The first kappa shape index (κ1) is 12.8. The molecule has 4 nitrogen and oxygen atoms in total. The third-order valence-electron chi connectivity index (χ3n) is 1.98. The number of amides is 1. The standard InChI is InChI=1S/C10H19N3O/c1-5-6-7-13(10(2,3)4)9(14)8-12-11/h8H,5-7H2,1-4H3. The highest BCUT2D eigenvalue weighted by Gasteiger charge is 2.26. The minimum Gasteiger partial charge on any atom is -0.361 e. The molecule has 0 N–H and O–H groups in total. The summed E-state index contributed by atoms with van der Waals surface area (Å²) in [5.41, 5.74) is 8.07. The van der Waals surface area contributed by atoms with Gasteiger partial charge in [0, 0.05) is 12.1 Å². The van der Waals surface area contributed by atoms with E-state index < -0.39 is 0 Å². The summed E-state index contributed by atoms with van der Waals surface area (Å²) in [6.07, 6.45) is 2.94. The Morgan fingerprint density at radius 1 is 1.50 bits per heavy atom. The predicted molar refractivity (Wildman–Crippen MR) is 56.1 cm³/mol. The monoisotopic (exact) mass is 197 g/mol. The lowest BCUT2D eigenvalue weighted by atomic mass is 10.1. The van der Waals surface area contributed by atoms with Gasteiger partial charge in [-0.1, -0.05) is 13.3 Å². The van der Waals surface area contributed by atoms with Crippen LogP contribution in [0.15, 0.2) is 0 Å². The molecule has 0 bridgehead atoms. The zero-order valence-electron chi connectivity index (χ0n) is 9.45. The molecular formula is C10H19N3O. The Morgan fingerprint density at radius 2 is 2.07 bits per heavy atom. The maximum atomic E-state index is 11.5. The van der Waals surface area contributed by atoms with E-state index in [4.69, 9.17) is 5.53 Å². The van der Waals surface area contributed by atoms with Crippen LogP contribution < -0.4 is 0 Å². The Morgan fingerprint density at radius 3 is 2.43 bits per heavy atom. The average molecular weight is 197 g/mol. The van der Waals surface area contributed by atoms with Crippen molar-refractivity contribution < 1.29 is 9.58 Å². The fraction of sp³-hybridized carbons (Fsp3) is 0.800. The number of carbonyl (C=O) groups excluding carboxylic acids is 1. The lowest BCUT2D eigenvalue weighted by Crippen LogP contribution is -2.46. The third-order valence-corrected chi connectivity index (χ3v) is 1.98. The second kappa shape index (κ2) is 5.55. The van der Waals surface area contributed by atoms with Gasteiger partial charge in [0.25, 0.3) is 0 Å². The summed E-state index contributed by atoms with van der Waals surface area (Å²) in [4.78, 5) is 16.0. The number of rotatable bonds is 4. The SMILES string of the molecule is CCCCN(C(=O)C=[N+]=[N-])C(C)(C)C. The molecule has 0 radical (unpaired) electrons. The van der Waals surface area contributed by atoms with Crippen LogP contribution in [0.1, 0.15) is 40.5 Å². The number of unbranched alkanes of at least 4 members (excludes halogenated alkanes) is 1. The van der Waals surface area contributed by atoms with E-state index in [9.17, 15) is 4.79 Å². The average Bonchev–Trinajstić information content (AvgIpc) is 2.03. The van der Waals surface area contributed by atoms with E-state index in [1.807, 2.05) is 20.8 Å². The first-order valence-electron chi connectivity index (χ1n) is 4.92. The quantitative estimate of drug-likeness (QED) is 0.384. The Labute approximate surface area is 85.5 Å². The van der Waals surface area contributed by atoms with E-state index in [1.165, 1.54) is 0 Å². The number of hydrogen-bond donors (Lipinski definition) is 0. The van der Waals surface area contributed by atoms with E-state index >= 15 is 0 Å². The summed E-state index contributed by atoms with van der Waals surface area (Å²) in [5.74, 6) is -0.242. The van der Waals surface area contributed by atoms with Gasteiger partial charge in [-0.05, 0) is 27.2 Å². The van der Waals surface area contributed by atoms with Crippen LogP contribution in [0.25, 0.3) is 5.53 Å². The molecule has 0 aliphatic heterocycles. The van der Waals surface area contributed by atoms with Crippen LogP contribution in [0.3, 0.4) is 0 Å². The van der Waals surface area contributed by atoms with Crippen molar-refractivity contribution in [2.75, 3.05) is 6.54 Å². The summed E-state index contributed by atoms with van der Waals surface area (Å²) < 4.78 is 0. The van der Waals surface area contributed by atoms with Crippen LogP contribution in [-0.4, -0.2) is 33.9 Å². The molecule has 0 spiro atoms. The molecule has 0 rings (SSSR count). The molecule has 0 aromatic heterocycles. The highest BCUT2D eigenvalue weighted by molar-refractivity contribution is 6.23.